The van der Waals surface area contributed by atoms with Crippen molar-refractivity contribution >= 4 is 27.8 Å². The summed E-state index contributed by atoms with van der Waals surface area (Å²) in [7, 11) is 0. The lowest BCUT2D eigenvalue weighted by molar-refractivity contribution is 0.0935. The Bertz CT molecular complexity index is 1310. The Balaban J connectivity index is 1.30. The molecule has 0 bridgehead atoms. The van der Waals surface area contributed by atoms with Crippen LogP contribution in [0.1, 0.15) is 34.9 Å². The molecule has 3 aromatic heterocycles. The predicted octanol–water partition coefficient (Wildman–Crippen LogP) is 4.04. The Morgan fingerprint density at radius 3 is 3.07 bits per heavy atom. The van der Waals surface area contributed by atoms with Crippen LogP contribution in [-0.4, -0.2) is 25.4 Å². The maximum Gasteiger partial charge on any atom is 0.273 e. The van der Waals surface area contributed by atoms with Crippen molar-refractivity contribution in [2.45, 2.75) is 19.5 Å². The maximum atomic E-state index is 12.6. The van der Waals surface area contributed by atoms with E-state index >= 15 is 0 Å². The normalized spacial score (nSPS) is 12.4. The lowest BCUT2D eigenvalue weighted by Gasteiger charge is -2.13. The average Bonchev–Trinajstić information content (AvgIpc) is 3.47. The molecule has 2 aromatic carbocycles. The topological polar surface area (TPSA) is 88.7 Å². The minimum absolute atomic E-state index is 0.153. The monoisotopic (exact) mass is 385 g/mol. The van der Waals surface area contributed by atoms with Gasteiger partial charge in [-0.2, -0.15) is 0 Å². The molecule has 29 heavy (non-hydrogen) atoms. The number of carbonyl (C=O) groups is 1. The van der Waals surface area contributed by atoms with Gasteiger partial charge in [0.2, 0.25) is 5.89 Å². The molecule has 0 aliphatic heterocycles. The fraction of sp³-hybridized carbons (Fsp3) is 0.136. The summed E-state index contributed by atoms with van der Waals surface area (Å²) < 4.78 is 7.46. The van der Waals surface area contributed by atoms with E-state index in [1.165, 1.54) is 6.26 Å². The van der Waals surface area contributed by atoms with Gasteiger partial charge in [0.15, 0.2) is 5.69 Å². The van der Waals surface area contributed by atoms with Crippen LogP contribution in [-0.2, 0) is 6.54 Å². The summed E-state index contributed by atoms with van der Waals surface area (Å²) in [5.41, 5.74) is 4.26. The summed E-state index contributed by atoms with van der Waals surface area (Å²) in [6.45, 7) is 2.36. The third-order valence-electron chi connectivity index (χ3n) is 5.04. The van der Waals surface area contributed by atoms with Crippen LogP contribution >= 0.6 is 0 Å². The lowest BCUT2D eigenvalue weighted by Crippen LogP contribution is -2.27. The van der Waals surface area contributed by atoms with Crippen LogP contribution in [0, 0.1) is 0 Å². The first-order valence-electron chi connectivity index (χ1n) is 9.39. The van der Waals surface area contributed by atoms with Crippen molar-refractivity contribution in [2.75, 3.05) is 0 Å². The summed E-state index contributed by atoms with van der Waals surface area (Å²) in [6.07, 6.45) is 5.04. The third kappa shape index (κ3) is 3.27. The second kappa shape index (κ2) is 6.94. The number of fused-ring (bicyclic) bond motifs is 2. The van der Waals surface area contributed by atoms with Crippen molar-refractivity contribution in [3.8, 4) is 0 Å². The molecule has 1 atom stereocenters. The number of oxazole rings is 1. The van der Waals surface area contributed by atoms with Gasteiger partial charge in [-0.25, -0.2) is 9.97 Å². The van der Waals surface area contributed by atoms with Gasteiger partial charge >= 0.3 is 0 Å². The molecule has 1 amide bonds. The van der Waals surface area contributed by atoms with E-state index in [2.05, 4.69) is 26.3 Å². The number of hydrogen-bond acceptors (Lipinski definition) is 4. The number of nitrogens with one attached hydrogen (secondary N) is 2. The Labute approximate surface area is 166 Å². The SMILES string of the molecule is CC(NC(=O)c1coc(Cn2cnc3ccccc32)n1)c1ccc2[nH]ccc2c1. The number of carbonyl (C=O) groups excluding carboxylic acids is 1. The van der Waals surface area contributed by atoms with E-state index in [0.717, 1.165) is 27.5 Å². The highest BCUT2D eigenvalue weighted by Gasteiger charge is 2.16. The Morgan fingerprint density at radius 2 is 2.14 bits per heavy atom. The van der Waals surface area contributed by atoms with E-state index in [1.54, 1.807) is 6.33 Å². The molecule has 144 valence electrons. The number of benzene rings is 2. The molecular formula is C22H19N5O2. The van der Waals surface area contributed by atoms with Gasteiger partial charge in [-0.1, -0.05) is 18.2 Å². The van der Waals surface area contributed by atoms with E-state index in [0.29, 0.717) is 12.4 Å². The van der Waals surface area contributed by atoms with Gasteiger partial charge in [0.25, 0.3) is 5.91 Å². The van der Waals surface area contributed by atoms with Crippen LogP contribution < -0.4 is 5.32 Å². The minimum atomic E-state index is -0.267. The van der Waals surface area contributed by atoms with Gasteiger partial charge in [0.1, 0.15) is 12.8 Å². The summed E-state index contributed by atoms with van der Waals surface area (Å²) in [6, 6.07) is 15.8. The van der Waals surface area contributed by atoms with Crippen molar-refractivity contribution < 1.29 is 9.21 Å². The number of rotatable bonds is 5. The highest BCUT2D eigenvalue weighted by Crippen LogP contribution is 2.20. The van der Waals surface area contributed by atoms with E-state index in [1.807, 2.05) is 60.2 Å². The largest absolute Gasteiger partial charge is 0.446 e. The first-order valence-corrected chi connectivity index (χ1v) is 9.39. The van der Waals surface area contributed by atoms with Crippen LogP contribution in [0.15, 0.2) is 71.7 Å². The predicted molar refractivity (Wildman–Crippen MR) is 110 cm³/mol. The molecule has 0 aliphatic rings. The third-order valence-corrected chi connectivity index (χ3v) is 5.04. The molecule has 7 heteroatoms. The van der Waals surface area contributed by atoms with Crippen LogP contribution in [0.4, 0.5) is 0 Å². The zero-order valence-corrected chi connectivity index (χ0v) is 15.8. The van der Waals surface area contributed by atoms with Gasteiger partial charge in [0.05, 0.1) is 23.4 Å². The number of nitrogens with zero attached hydrogens (tertiary/aromatic N) is 3. The number of hydrogen-bond donors (Lipinski definition) is 2. The molecule has 3 heterocycles. The van der Waals surface area contributed by atoms with Crippen molar-refractivity contribution in [2.24, 2.45) is 0 Å². The Hall–Kier alpha value is -3.87. The van der Waals surface area contributed by atoms with Gasteiger partial charge in [-0.15, -0.1) is 0 Å². The lowest BCUT2D eigenvalue weighted by atomic mass is 10.1. The van der Waals surface area contributed by atoms with Gasteiger partial charge in [0, 0.05) is 11.7 Å². The molecule has 5 rings (SSSR count). The fourth-order valence-corrected chi connectivity index (χ4v) is 3.46. The molecule has 0 aliphatic carbocycles. The Kier molecular flexibility index (Phi) is 4.13. The standard InChI is InChI=1S/C22H19N5O2/c1-14(15-6-7-17-16(10-15)8-9-23-17)25-22(28)19-12-29-21(26-19)11-27-13-24-18-4-2-3-5-20(18)27/h2-10,12-14,23H,11H2,1H3,(H,25,28). The van der Waals surface area contributed by atoms with Crippen molar-refractivity contribution in [3.05, 3.63) is 84.5 Å². The summed E-state index contributed by atoms with van der Waals surface area (Å²) in [4.78, 5) is 24.5. The fourth-order valence-electron chi connectivity index (χ4n) is 3.46. The zero-order valence-electron chi connectivity index (χ0n) is 15.8. The Morgan fingerprint density at radius 1 is 1.24 bits per heavy atom. The molecule has 5 aromatic rings. The van der Waals surface area contributed by atoms with Crippen molar-refractivity contribution in [3.63, 3.8) is 0 Å². The van der Waals surface area contributed by atoms with E-state index in [9.17, 15) is 4.79 Å². The smallest absolute Gasteiger partial charge is 0.273 e. The van der Waals surface area contributed by atoms with E-state index < -0.39 is 0 Å². The second-order valence-corrected chi connectivity index (χ2v) is 7.01. The van der Waals surface area contributed by atoms with Gasteiger partial charge in [-0.05, 0) is 48.2 Å². The summed E-state index contributed by atoms with van der Waals surface area (Å²) in [5, 5.41) is 4.09. The first-order chi connectivity index (χ1) is 14.2. The van der Waals surface area contributed by atoms with E-state index in [-0.39, 0.29) is 17.6 Å². The molecular weight excluding hydrogens is 366 g/mol. The molecule has 0 saturated heterocycles. The summed E-state index contributed by atoms with van der Waals surface area (Å²) in [5.74, 6) is 0.192. The van der Waals surface area contributed by atoms with Gasteiger partial charge < -0.3 is 19.3 Å². The van der Waals surface area contributed by atoms with Crippen LogP contribution in [0.3, 0.4) is 0 Å². The molecule has 1 unspecified atom stereocenters. The van der Waals surface area contributed by atoms with Crippen LogP contribution in [0.25, 0.3) is 21.9 Å². The number of aromatic amines is 1. The number of para-hydroxylation sites is 2. The van der Waals surface area contributed by atoms with Crippen molar-refractivity contribution in [1.29, 1.82) is 0 Å². The summed E-state index contributed by atoms with van der Waals surface area (Å²) >= 11 is 0. The number of H-pyrrole nitrogens is 1. The zero-order chi connectivity index (χ0) is 19.8. The molecule has 0 radical (unpaired) electrons. The highest BCUT2D eigenvalue weighted by molar-refractivity contribution is 5.92. The second-order valence-electron chi connectivity index (χ2n) is 7.01. The van der Waals surface area contributed by atoms with Crippen LogP contribution in [0.2, 0.25) is 0 Å². The first kappa shape index (κ1) is 17.2. The van der Waals surface area contributed by atoms with Crippen LogP contribution in [0.5, 0.6) is 0 Å². The molecule has 0 saturated carbocycles. The number of imidazole rings is 1. The van der Waals surface area contributed by atoms with Gasteiger partial charge in [-0.3, -0.25) is 4.79 Å². The highest BCUT2D eigenvalue weighted by atomic mass is 16.3. The molecule has 2 N–H and O–H groups in total. The molecule has 7 nitrogen and oxygen atoms in total. The van der Waals surface area contributed by atoms with E-state index in [4.69, 9.17) is 4.42 Å². The number of amides is 1. The minimum Gasteiger partial charge on any atom is -0.446 e. The maximum absolute atomic E-state index is 12.6. The van der Waals surface area contributed by atoms with Crippen molar-refractivity contribution in [1.82, 2.24) is 24.8 Å². The molecule has 0 spiro atoms. The molecule has 0 fully saturated rings. The number of aromatic nitrogens is 4. The quantitative estimate of drug-likeness (QED) is 0.478. The average molecular weight is 385 g/mol.